The van der Waals surface area contributed by atoms with E-state index in [-0.39, 0.29) is 5.91 Å². The number of benzene rings is 1. The van der Waals surface area contributed by atoms with Crippen molar-refractivity contribution in [3.63, 3.8) is 0 Å². The maximum absolute atomic E-state index is 12.2. The number of carbonyl (C=O) groups is 1. The predicted molar refractivity (Wildman–Crippen MR) is 84.3 cm³/mol. The summed E-state index contributed by atoms with van der Waals surface area (Å²) in [5.74, 6) is 0.0542. The van der Waals surface area contributed by atoms with E-state index in [1.165, 1.54) is 25.7 Å². The first-order valence-electron chi connectivity index (χ1n) is 7.73. The van der Waals surface area contributed by atoms with Gasteiger partial charge in [0.05, 0.1) is 0 Å². The number of aryl methyl sites for hydroxylation is 1. The van der Waals surface area contributed by atoms with Crippen LogP contribution in [0.25, 0.3) is 0 Å². The molecule has 0 atom stereocenters. The van der Waals surface area contributed by atoms with Crippen LogP contribution >= 0.6 is 0 Å². The maximum atomic E-state index is 12.2. The average Bonchev–Trinajstić information content (AvgIpc) is 3.19. The third kappa shape index (κ3) is 3.53. The summed E-state index contributed by atoms with van der Waals surface area (Å²) in [6.45, 7) is 8.04. The van der Waals surface area contributed by atoms with Crippen LogP contribution in [0.2, 0.25) is 0 Å². The van der Waals surface area contributed by atoms with Crippen molar-refractivity contribution >= 4 is 11.6 Å². The van der Waals surface area contributed by atoms with Crippen LogP contribution in [0, 0.1) is 12.3 Å². The number of nitrogens with one attached hydrogen (secondary N) is 2. The van der Waals surface area contributed by atoms with Crippen molar-refractivity contribution in [3.8, 4) is 0 Å². The molecule has 1 saturated carbocycles. The molecule has 0 saturated heterocycles. The molecule has 0 heterocycles. The van der Waals surface area contributed by atoms with E-state index in [4.69, 9.17) is 0 Å². The second kappa shape index (κ2) is 6.29. The fourth-order valence-corrected chi connectivity index (χ4v) is 2.79. The van der Waals surface area contributed by atoms with Crippen LogP contribution in [-0.2, 0) is 0 Å². The molecule has 1 aliphatic carbocycles. The van der Waals surface area contributed by atoms with Gasteiger partial charge in [-0.05, 0) is 62.3 Å². The van der Waals surface area contributed by atoms with Gasteiger partial charge in [0.25, 0.3) is 5.91 Å². The molecular weight excluding hydrogens is 248 g/mol. The van der Waals surface area contributed by atoms with Gasteiger partial charge in [-0.3, -0.25) is 4.79 Å². The number of hydrogen-bond acceptors (Lipinski definition) is 2. The van der Waals surface area contributed by atoms with Gasteiger partial charge in [-0.25, -0.2) is 0 Å². The molecule has 3 nitrogen and oxygen atoms in total. The fraction of sp³-hybridized carbons (Fsp3) is 0.588. The molecule has 1 fully saturated rings. The molecule has 0 bridgehead atoms. The predicted octanol–water partition coefficient (Wildman–Crippen LogP) is 3.74. The Hall–Kier alpha value is -1.51. The van der Waals surface area contributed by atoms with E-state index in [9.17, 15) is 4.79 Å². The van der Waals surface area contributed by atoms with Crippen LogP contribution in [0.3, 0.4) is 0 Å². The fourth-order valence-electron chi connectivity index (χ4n) is 2.79. The summed E-state index contributed by atoms with van der Waals surface area (Å²) in [4.78, 5) is 12.2. The number of anilines is 1. The summed E-state index contributed by atoms with van der Waals surface area (Å²) in [6.07, 6.45) is 4.96. The molecule has 1 amide bonds. The summed E-state index contributed by atoms with van der Waals surface area (Å²) >= 11 is 0. The van der Waals surface area contributed by atoms with Crippen molar-refractivity contribution in [1.29, 1.82) is 0 Å². The van der Waals surface area contributed by atoms with Crippen molar-refractivity contribution in [2.75, 3.05) is 18.4 Å². The van der Waals surface area contributed by atoms with E-state index in [1.807, 2.05) is 25.1 Å². The third-order valence-electron chi connectivity index (χ3n) is 4.22. The lowest BCUT2D eigenvalue weighted by Gasteiger charge is -2.15. The first-order valence-corrected chi connectivity index (χ1v) is 7.73. The van der Waals surface area contributed by atoms with E-state index >= 15 is 0 Å². The van der Waals surface area contributed by atoms with E-state index in [0.29, 0.717) is 5.41 Å². The summed E-state index contributed by atoms with van der Waals surface area (Å²) < 4.78 is 0. The molecule has 3 heteroatoms. The minimum atomic E-state index is 0.0542. The minimum Gasteiger partial charge on any atom is -0.385 e. The molecule has 1 aromatic rings. The largest absolute Gasteiger partial charge is 0.385 e. The summed E-state index contributed by atoms with van der Waals surface area (Å²) in [5.41, 5.74) is 3.39. The molecule has 0 radical (unpaired) electrons. The molecule has 1 aromatic carbocycles. The Morgan fingerprint density at radius 2 is 2.05 bits per heavy atom. The highest BCUT2D eigenvalue weighted by Crippen LogP contribution is 2.48. The van der Waals surface area contributed by atoms with Gasteiger partial charge in [-0.2, -0.15) is 0 Å². The molecule has 0 aliphatic heterocycles. The topological polar surface area (TPSA) is 41.1 Å². The van der Waals surface area contributed by atoms with Crippen molar-refractivity contribution in [3.05, 3.63) is 29.3 Å². The third-order valence-corrected chi connectivity index (χ3v) is 4.22. The van der Waals surface area contributed by atoms with Gasteiger partial charge >= 0.3 is 0 Å². The monoisotopic (exact) mass is 274 g/mol. The molecular formula is C17H26N2O. The molecule has 2 rings (SSSR count). The van der Waals surface area contributed by atoms with Gasteiger partial charge in [0.15, 0.2) is 0 Å². The lowest BCUT2D eigenvalue weighted by Crippen LogP contribution is -2.30. The summed E-state index contributed by atoms with van der Waals surface area (Å²) in [6, 6.07) is 5.86. The zero-order valence-corrected chi connectivity index (χ0v) is 12.9. The van der Waals surface area contributed by atoms with Gasteiger partial charge < -0.3 is 10.6 Å². The highest BCUT2D eigenvalue weighted by atomic mass is 16.1. The first kappa shape index (κ1) is 14.9. The lowest BCUT2D eigenvalue weighted by atomic mass is 10.0. The van der Waals surface area contributed by atoms with Crippen molar-refractivity contribution < 1.29 is 4.79 Å². The Kier molecular flexibility index (Phi) is 4.69. The molecule has 1 aliphatic rings. The maximum Gasteiger partial charge on any atom is 0.251 e. The van der Waals surface area contributed by atoms with Crippen molar-refractivity contribution in [1.82, 2.24) is 5.32 Å². The van der Waals surface area contributed by atoms with E-state index in [2.05, 4.69) is 24.5 Å². The molecule has 20 heavy (non-hydrogen) atoms. The number of hydrogen-bond donors (Lipinski definition) is 2. The SMILES string of the molecule is CCCC1(CNC(=O)c2ccc(NCC)c(C)c2)CC1. The highest BCUT2D eigenvalue weighted by Gasteiger charge is 2.41. The quantitative estimate of drug-likeness (QED) is 0.795. The molecule has 0 aromatic heterocycles. The standard InChI is InChI=1S/C17H26N2O/c1-4-8-17(9-10-17)12-19-16(20)14-6-7-15(18-5-2)13(3)11-14/h6-7,11,18H,4-5,8-10,12H2,1-3H3,(H,19,20). The molecule has 110 valence electrons. The van der Waals surface area contributed by atoms with Crippen molar-refractivity contribution in [2.24, 2.45) is 5.41 Å². The molecule has 0 spiro atoms. The Balaban J connectivity index is 1.94. The van der Waals surface area contributed by atoms with E-state index in [1.54, 1.807) is 0 Å². The Morgan fingerprint density at radius 3 is 2.60 bits per heavy atom. The van der Waals surface area contributed by atoms with Gasteiger partial charge in [0, 0.05) is 24.3 Å². The van der Waals surface area contributed by atoms with Gasteiger partial charge in [0.1, 0.15) is 0 Å². The number of rotatable bonds is 7. The van der Waals surface area contributed by atoms with Gasteiger partial charge in [-0.15, -0.1) is 0 Å². The zero-order valence-electron chi connectivity index (χ0n) is 12.9. The van der Waals surface area contributed by atoms with Crippen LogP contribution < -0.4 is 10.6 Å². The Morgan fingerprint density at radius 1 is 1.30 bits per heavy atom. The van der Waals surface area contributed by atoms with Crippen molar-refractivity contribution in [2.45, 2.75) is 46.5 Å². The minimum absolute atomic E-state index is 0.0542. The smallest absolute Gasteiger partial charge is 0.251 e. The van der Waals surface area contributed by atoms with Gasteiger partial charge in [0.2, 0.25) is 0 Å². The second-order valence-electron chi connectivity index (χ2n) is 5.99. The summed E-state index contributed by atoms with van der Waals surface area (Å²) in [7, 11) is 0. The first-order chi connectivity index (χ1) is 9.60. The van der Waals surface area contributed by atoms with Crippen LogP contribution in [0.15, 0.2) is 18.2 Å². The average molecular weight is 274 g/mol. The van der Waals surface area contributed by atoms with E-state index < -0.39 is 0 Å². The molecule has 0 unspecified atom stereocenters. The van der Waals surface area contributed by atoms with E-state index in [0.717, 1.165) is 29.9 Å². The van der Waals surface area contributed by atoms with Crippen LogP contribution in [0.4, 0.5) is 5.69 Å². The normalized spacial score (nSPS) is 15.8. The zero-order chi connectivity index (χ0) is 14.6. The Bertz CT molecular complexity index is 478. The number of carbonyl (C=O) groups excluding carboxylic acids is 1. The Labute approximate surface area is 122 Å². The van der Waals surface area contributed by atoms with Crippen LogP contribution in [-0.4, -0.2) is 19.0 Å². The highest BCUT2D eigenvalue weighted by molar-refractivity contribution is 5.94. The lowest BCUT2D eigenvalue weighted by molar-refractivity contribution is 0.0943. The van der Waals surface area contributed by atoms with Crippen LogP contribution in [0.1, 0.15) is 55.5 Å². The molecule has 2 N–H and O–H groups in total. The van der Waals surface area contributed by atoms with Gasteiger partial charge in [-0.1, -0.05) is 13.3 Å². The summed E-state index contributed by atoms with van der Waals surface area (Å²) in [5, 5.41) is 6.40. The second-order valence-corrected chi connectivity index (χ2v) is 5.99. The number of amides is 1. The van der Waals surface area contributed by atoms with Crippen LogP contribution in [0.5, 0.6) is 0 Å².